The lowest BCUT2D eigenvalue weighted by Gasteiger charge is -2.46. The minimum absolute atomic E-state index is 0.0102. The molecule has 2 saturated heterocycles. The number of hydrogen-bond acceptors (Lipinski definition) is 6. The Bertz CT molecular complexity index is 1340. The molecule has 218 valence electrons. The molecule has 0 bridgehead atoms. The van der Waals surface area contributed by atoms with Crippen LogP contribution < -0.4 is 0 Å². The van der Waals surface area contributed by atoms with Crippen LogP contribution in [0, 0.1) is 11.3 Å². The molecule has 9 nitrogen and oxygen atoms in total. The molecule has 1 aliphatic carbocycles. The van der Waals surface area contributed by atoms with Gasteiger partial charge in [-0.15, -0.1) is 0 Å². The van der Waals surface area contributed by atoms with E-state index in [1.165, 1.54) is 7.11 Å². The average molecular weight is 562 g/mol. The first-order chi connectivity index (χ1) is 19.9. The van der Waals surface area contributed by atoms with Gasteiger partial charge >= 0.3 is 12.1 Å². The van der Waals surface area contributed by atoms with E-state index in [1.54, 1.807) is 21.6 Å². The van der Waals surface area contributed by atoms with Gasteiger partial charge in [0.15, 0.2) is 0 Å². The molecule has 9 heteroatoms. The van der Waals surface area contributed by atoms with E-state index in [2.05, 4.69) is 0 Å². The number of esters is 1. The van der Waals surface area contributed by atoms with Gasteiger partial charge in [-0.1, -0.05) is 55.0 Å². The second-order valence-electron chi connectivity index (χ2n) is 11.1. The highest BCUT2D eigenvalue weighted by molar-refractivity contribution is 5.93. The summed E-state index contributed by atoms with van der Waals surface area (Å²) in [4.78, 5) is 58.4. The van der Waals surface area contributed by atoms with Crippen LogP contribution in [0.2, 0.25) is 0 Å². The van der Waals surface area contributed by atoms with E-state index in [9.17, 15) is 19.2 Å². The first-order valence-electron chi connectivity index (χ1n) is 14.6. The second kappa shape index (κ2) is 12.3. The Kier molecular flexibility index (Phi) is 8.61. The molecule has 0 unspecified atom stereocenters. The van der Waals surface area contributed by atoms with Crippen molar-refractivity contribution < 1.29 is 28.7 Å². The van der Waals surface area contributed by atoms with Crippen LogP contribution in [0.1, 0.15) is 51.0 Å². The van der Waals surface area contributed by atoms with Gasteiger partial charge in [0.1, 0.15) is 5.41 Å². The summed E-state index contributed by atoms with van der Waals surface area (Å²) in [5.41, 5.74) is 0.728. The lowest BCUT2D eigenvalue weighted by Crippen LogP contribution is -2.54. The van der Waals surface area contributed by atoms with Crippen LogP contribution in [0.4, 0.5) is 4.79 Å². The maximum absolute atomic E-state index is 14.2. The van der Waals surface area contributed by atoms with Crippen LogP contribution >= 0.6 is 0 Å². The van der Waals surface area contributed by atoms with Gasteiger partial charge in [0, 0.05) is 44.2 Å². The van der Waals surface area contributed by atoms with E-state index < -0.39 is 11.3 Å². The summed E-state index contributed by atoms with van der Waals surface area (Å²) in [5, 5.41) is 2.13. The van der Waals surface area contributed by atoms with E-state index in [4.69, 9.17) is 9.47 Å². The van der Waals surface area contributed by atoms with Crippen molar-refractivity contribution in [2.24, 2.45) is 11.3 Å². The molecule has 0 saturated carbocycles. The molecule has 5 rings (SSSR count). The Balaban J connectivity index is 1.43. The molecule has 2 atom stereocenters. The Morgan fingerprint density at radius 2 is 1.71 bits per heavy atom. The van der Waals surface area contributed by atoms with Crippen molar-refractivity contribution in [3.63, 3.8) is 0 Å². The van der Waals surface area contributed by atoms with Crippen molar-refractivity contribution in [3.8, 4) is 0 Å². The molecule has 3 aliphatic rings. The molecule has 2 aliphatic heterocycles. The minimum Gasteiger partial charge on any atom is -0.468 e. The average Bonchev–Trinajstić information content (AvgIpc) is 3.22. The van der Waals surface area contributed by atoms with Crippen molar-refractivity contribution in [3.05, 3.63) is 59.8 Å². The van der Waals surface area contributed by atoms with E-state index in [-0.39, 0.29) is 36.7 Å². The highest BCUT2D eigenvalue weighted by atomic mass is 16.6. The SMILES string of the molecule is CCOC(=O)N1CCN(C(=O)C[C@@H]2C[C@@]3(C(=O)OC)CCCCC=C3N(Cc3cccc4ccccc34)C2=O)CC1. The Labute approximate surface area is 241 Å². The summed E-state index contributed by atoms with van der Waals surface area (Å²) in [6.45, 7) is 3.91. The summed E-state index contributed by atoms with van der Waals surface area (Å²) < 4.78 is 10.5. The number of hydrogen-bond donors (Lipinski definition) is 0. The number of piperidine rings is 1. The molecule has 2 aromatic carbocycles. The molecule has 2 fully saturated rings. The van der Waals surface area contributed by atoms with Crippen molar-refractivity contribution in [1.82, 2.24) is 14.7 Å². The number of benzene rings is 2. The van der Waals surface area contributed by atoms with E-state index in [0.29, 0.717) is 51.4 Å². The third-order valence-corrected chi connectivity index (χ3v) is 8.75. The van der Waals surface area contributed by atoms with Crippen LogP contribution in [-0.2, 0) is 30.4 Å². The van der Waals surface area contributed by atoms with Gasteiger partial charge in [-0.05, 0) is 48.9 Å². The molecule has 0 spiro atoms. The van der Waals surface area contributed by atoms with Crippen molar-refractivity contribution >= 4 is 34.6 Å². The topological polar surface area (TPSA) is 96.5 Å². The van der Waals surface area contributed by atoms with Gasteiger partial charge in [0.25, 0.3) is 0 Å². The predicted molar refractivity (Wildman–Crippen MR) is 153 cm³/mol. The number of amides is 3. The van der Waals surface area contributed by atoms with E-state index in [0.717, 1.165) is 35.6 Å². The van der Waals surface area contributed by atoms with E-state index >= 15 is 0 Å². The van der Waals surface area contributed by atoms with Gasteiger partial charge in [0.05, 0.1) is 20.3 Å². The van der Waals surface area contributed by atoms with Crippen LogP contribution in [0.25, 0.3) is 10.8 Å². The van der Waals surface area contributed by atoms with Crippen LogP contribution in [-0.4, -0.2) is 78.5 Å². The minimum atomic E-state index is -0.975. The van der Waals surface area contributed by atoms with Crippen molar-refractivity contribution in [2.75, 3.05) is 39.9 Å². The number of fused-ring (bicyclic) bond motifs is 2. The quantitative estimate of drug-likeness (QED) is 0.482. The standard InChI is InChI=1S/C32H39N3O6/c1-3-41-31(39)34-18-16-33(17-19-34)28(36)20-25-21-32(30(38)40-2)15-8-4-5-14-27(32)35(29(25)37)22-24-12-9-11-23-10-6-7-13-26(23)24/h6-7,9-14,25H,3-5,8,15-22H2,1-2H3/t25-,32+/m1/s1. The third-order valence-electron chi connectivity index (χ3n) is 8.75. The van der Waals surface area contributed by atoms with Gasteiger partial charge in [0.2, 0.25) is 11.8 Å². The molecule has 0 aromatic heterocycles. The molecule has 0 radical (unpaired) electrons. The lowest BCUT2D eigenvalue weighted by atomic mass is 9.68. The number of likely N-dealkylation sites (tertiary alicyclic amines) is 1. The molecular weight excluding hydrogens is 522 g/mol. The number of piperazine rings is 1. The second-order valence-corrected chi connectivity index (χ2v) is 11.1. The number of allylic oxidation sites excluding steroid dienone is 1. The van der Waals surface area contributed by atoms with Crippen molar-refractivity contribution in [2.45, 2.75) is 52.0 Å². The largest absolute Gasteiger partial charge is 0.468 e. The smallest absolute Gasteiger partial charge is 0.409 e. The maximum Gasteiger partial charge on any atom is 0.409 e. The number of carbonyl (C=O) groups excluding carboxylic acids is 4. The summed E-state index contributed by atoms with van der Waals surface area (Å²) >= 11 is 0. The van der Waals surface area contributed by atoms with Crippen LogP contribution in [0.15, 0.2) is 54.2 Å². The van der Waals surface area contributed by atoms with Gasteiger partial charge < -0.3 is 24.2 Å². The molecule has 41 heavy (non-hydrogen) atoms. The first kappa shape index (κ1) is 28.6. The third kappa shape index (κ3) is 5.67. The van der Waals surface area contributed by atoms with Gasteiger partial charge in [-0.2, -0.15) is 0 Å². The highest BCUT2D eigenvalue weighted by Crippen LogP contribution is 2.50. The summed E-state index contributed by atoms with van der Waals surface area (Å²) in [6.07, 6.45) is 5.05. The molecule has 0 N–H and O–H groups in total. The Morgan fingerprint density at radius 3 is 2.46 bits per heavy atom. The lowest BCUT2D eigenvalue weighted by molar-refractivity contribution is -0.160. The molecule has 2 heterocycles. The first-order valence-corrected chi connectivity index (χ1v) is 14.6. The van der Waals surface area contributed by atoms with Crippen LogP contribution in [0.5, 0.6) is 0 Å². The number of methoxy groups -OCH3 is 1. The summed E-state index contributed by atoms with van der Waals surface area (Å²) in [7, 11) is 1.40. The monoisotopic (exact) mass is 561 g/mol. The van der Waals surface area contributed by atoms with E-state index in [1.807, 2.05) is 48.5 Å². The fraction of sp³-hybridized carbons (Fsp3) is 0.500. The Morgan fingerprint density at radius 1 is 0.976 bits per heavy atom. The maximum atomic E-state index is 14.2. The molecule has 2 aromatic rings. The number of ether oxygens (including phenoxy) is 2. The normalized spacial score (nSPS) is 23.0. The Hall–Kier alpha value is -3.88. The van der Waals surface area contributed by atoms with Gasteiger partial charge in [-0.3, -0.25) is 14.4 Å². The number of rotatable bonds is 6. The van der Waals surface area contributed by atoms with Crippen LogP contribution in [0.3, 0.4) is 0 Å². The summed E-state index contributed by atoms with van der Waals surface area (Å²) in [6, 6.07) is 14.1. The molecule has 3 amide bonds. The zero-order valence-electron chi connectivity index (χ0n) is 24.0. The fourth-order valence-corrected chi connectivity index (χ4v) is 6.66. The zero-order valence-corrected chi connectivity index (χ0v) is 24.0. The fourth-order valence-electron chi connectivity index (χ4n) is 6.66. The van der Waals surface area contributed by atoms with Gasteiger partial charge in [-0.25, -0.2) is 4.79 Å². The number of nitrogens with zero attached hydrogens (tertiary/aromatic N) is 3. The predicted octanol–water partition coefficient (Wildman–Crippen LogP) is 4.50. The zero-order chi connectivity index (χ0) is 29.0. The molecular formula is C32H39N3O6. The summed E-state index contributed by atoms with van der Waals surface area (Å²) in [5.74, 6) is -1.28. The highest BCUT2D eigenvalue weighted by Gasteiger charge is 2.54. The number of carbonyl (C=O) groups is 4. The van der Waals surface area contributed by atoms with Crippen molar-refractivity contribution in [1.29, 1.82) is 0 Å².